The van der Waals surface area contributed by atoms with Crippen LogP contribution < -0.4 is 4.90 Å². The van der Waals surface area contributed by atoms with E-state index >= 15 is 0 Å². The average Bonchev–Trinajstić information content (AvgIpc) is 3.45. The van der Waals surface area contributed by atoms with Crippen molar-refractivity contribution in [3.63, 3.8) is 0 Å². The molecule has 3 heterocycles. The second-order valence-electron chi connectivity index (χ2n) is 7.35. The fraction of sp³-hybridized carbons (Fsp3) is 0.0833. The number of para-hydroxylation sites is 3. The molecule has 2 aromatic heterocycles. The zero-order chi connectivity index (χ0) is 21.7. The van der Waals surface area contributed by atoms with Crippen molar-refractivity contribution in [2.45, 2.75) is 13.0 Å². The topological polar surface area (TPSA) is 107 Å². The van der Waals surface area contributed by atoms with Crippen LogP contribution in [0.15, 0.2) is 76.9 Å². The van der Waals surface area contributed by atoms with Crippen LogP contribution in [0.2, 0.25) is 0 Å². The molecule has 0 bridgehead atoms. The lowest BCUT2D eigenvalue weighted by atomic mass is 9.99. The number of aromatic nitrogens is 1. The lowest BCUT2D eigenvalue weighted by Gasteiger charge is -2.24. The van der Waals surface area contributed by atoms with E-state index in [9.17, 15) is 19.8 Å². The molecule has 1 atom stereocenters. The molecule has 1 aliphatic heterocycles. The van der Waals surface area contributed by atoms with Crippen LogP contribution >= 0.6 is 0 Å². The maximum atomic E-state index is 13.1. The number of H-pyrrole nitrogens is 1. The number of carbonyl (C=O) groups is 2. The van der Waals surface area contributed by atoms with Gasteiger partial charge >= 0.3 is 0 Å². The molecule has 3 N–H and O–H groups in total. The normalized spacial score (nSPS) is 18.2. The number of Topliss-reactive ketones (excluding diaryl/α,β-unsaturated/α-hetero) is 1. The van der Waals surface area contributed by atoms with Crippen molar-refractivity contribution in [2.24, 2.45) is 0 Å². The van der Waals surface area contributed by atoms with Gasteiger partial charge in [-0.1, -0.05) is 30.3 Å². The number of carbonyl (C=O) groups excluding carboxylic acids is 2. The van der Waals surface area contributed by atoms with Crippen molar-refractivity contribution >= 4 is 34.0 Å². The number of aliphatic hydroxyl groups excluding tert-OH is 1. The number of fused-ring (bicyclic) bond motifs is 1. The number of aromatic amines is 1. The molecule has 0 radical (unpaired) electrons. The third kappa shape index (κ3) is 2.82. The Kier molecular flexibility index (Phi) is 4.18. The molecular weight excluding hydrogens is 396 g/mol. The summed E-state index contributed by atoms with van der Waals surface area (Å²) in [6.45, 7) is 1.75. The molecule has 5 rings (SSSR count). The minimum absolute atomic E-state index is 0.104. The summed E-state index contributed by atoms with van der Waals surface area (Å²) in [7, 11) is 0. The quantitative estimate of drug-likeness (QED) is 0.262. The van der Waals surface area contributed by atoms with Crippen LogP contribution in [0.25, 0.3) is 16.7 Å². The highest BCUT2D eigenvalue weighted by molar-refractivity contribution is 6.52. The van der Waals surface area contributed by atoms with Crippen LogP contribution in [0, 0.1) is 6.92 Å². The summed E-state index contributed by atoms with van der Waals surface area (Å²) in [4.78, 5) is 30.4. The lowest BCUT2D eigenvalue weighted by molar-refractivity contribution is -0.132. The SMILES string of the molecule is Cc1ccc(C2/C(=C(/O)c3c[nH]c4ccccc34)C(=O)C(=O)N2c2ccccc2O)o1. The number of phenolic OH excluding ortho intramolecular Hbond substituents is 1. The molecule has 1 saturated heterocycles. The predicted molar refractivity (Wildman–Crippen MR) is 115 cm³/mol. The van der Waals surface area contributed by atoms with E-state index in [2.05, 4.69) is 4.98 Å². The number of benzene rings is 2. The Bertz CT molecular complexity index is 1380. The van der Waals surface area contributed by atoms with E-state index in [-0.39, 0.29) is 22.8 Å². The van der Waals surface area contributed by atoms with Gasteiger partial charge in [-0.25, -0.2) is 0 Å². The molecule has 1 amide bonds. The van der Waals surface area contributed by atoms with Gasteiger partial charge in [0.1, 0.15) is 29.1 Å². The van der Waals surface area contributed by atoms with Gasteiger partial charge < -0.3 is 19.6 Å². The van der Waals surface area contributed by atoms with Crippen molar-refractivity contribution in [3.05, 3.63) is 89.5 Å². The smallest absolute Gasteiger partial charge is 0.300 e. The fourth-order valence-electron chi connectivity index (χ4n) is 4.03. The molecule has 4 aromatic rings. The summed E-state index contributed by atoms with van der Waals surface area (Å²) >= 11 is 0. The van der Waals surface area contributed by atoms with Gasteiger partial charge in [-0.15, -0.1) is 0 Å². The number of nitrogens with zero attached hydrogens (tertiary/aromatic N) is 1. The molecule has 0 saturated carbocycles. The van der Waals surface area contributed by atoms with E-state index in [4.69, 9.17) is 4.42 Å². The molecule has 1 fully saturated rings. The first-order valence-corrected chi connectivity index (χ1v) is 9.69. The van der Waals surface area contributed by atoms with Crippen LogP contribution in [0.1, 0.15) is 23.1 Å². The third-order valence-corrected chi connectivity index (χ3v) is 5.46. The van der Waals surface area contributed by atoms with Crippen molar-refractivity contribution in [1.82, 2.24) is 4.98 Å². The van der Waals surface area contributed by atoms with E-state index in [1.807, 2.05) is 24.3 Å². The molecule has 0 spiro atoms. The van der Waals surface area contributed by atoms with Gasteiger partial charge in [0.2, 0.25) is 0 Å². The van der Waals surface area contributed by atoms with Crippen LogP contribution in [-0.2, 0) is 9.59 Å². The van der Waals surface area contributed by atoms with Gasteiger partial charge in [-0.2, -0.15) is 0 Å². The second-order valence-corrected chi connectivity index (χ2v) is 7.35. The first kappa shape index (κ1) is 18.7. The van der Waals surface area contributed by atoms with Crippen molar-refractivity contribution in [2.75, 3.05) is 4.90 Å². The average molecular weight is 414 g/mol. The number of hydrogen-bond acceptors (Lipinski definition) is 5. The van der Waals surface area contributed by atoms with E-state index in [1.54, 1.807) is 37.4 Å². The molecule has 1 aliphatic rings. The molecule has 1 unspecified atom stereocenters. The zero-order valence-electron chi connectivity index (χ0n) is 16.5. The maximum absolute atomic E-state index is 13.1. The number of aromatic hydroxyl groups is 1. The number of phenols is 1. The molecule has 2 aromatic carbocycles. The van der Waals surface area contributed by atoms with E-state index in [0.717, 1.165) is 10.4 Å². The maximum Gasteiger partial charge on any atom is 0.300 e. The number of nitrogens with one attached hydrogen (secondary N) is 1. The van der Waals surface area contributed by atoms with Crippen LogP contribution in [0.5, 0.6) is 5.75 Å². The highest BCUT2D eigenvalue weighted by Gasteiger charge is 2.49. The third-order valence-electron chi connectivity index (χ3n) is 5.46. The number of rotatable bonds is 3. The van der Waals surface area contributed by atoms with E-state index in [1.165, 1.54) is 12.1 Å². The Morgan fingerprint density at radius 3 is 2.52 bits per heavy atom. The number of aryl methyl sites for hydroxylation is 1. The Morgan fingerprint density at radius 1 is 1.03 bits per heavy atom. The second kappa shape index (κ2) is 6.91. The highest BCUT2D eigenvalue weighted by Crippen LogP contribution is 2.45. The molecule has 7 heteroatoms. The van der Waals surface area contributed by atoms with Crippen molar-refractivity contribution in [1.29, 1.82) is 0 Å². The van der Waals surface area contributed by atoms with Crippen LogP contribution in [0.3, 0.4) is 0 Å². The number of anilines is 1. The Balaban J connectivity index is 1.77. The highest BCUT2D eigenvalue weighted by atomic mass is 16.3. The van der Waals surface area contributed by atoms with Gasteiger partial charge in [0, 0.05) is 22.7 Å². The summed E-state index contributed by atoms with van der Waals surface area (Å²) in [6.07, 6.45) is 1.60. The first-order chi connectivity index (χ1) is 15.0. The summed E-state index contributed by atoms with van der Waals surface area (Å²) < 4.78 is 5.76. The van der Waals surface area contributed by atoms with Crippen molar-refractivity contribution < 1.29 is 24.2 Å². The molecule has 0 aliphatic carbocycles. The fourth-order valence-corrected chi connectivity index (χ4v) is 4.03. The molecular formula is C24H18N2O5. The number of amides is 1. The minimum atomic E-state index is -1.03. The van der Waals surface area contributed by atoms with E-state index in [0.29, 0.717) is 22.5 Å². The zero-order valence-corrected chi connectivity index (χ0v) is 16.5. The van der Waals surface area contributed by atoms with Gasteiger partial charge in [-0.05, 0) is 37.3 Å². The summed E-state index contributed by atoms with van der Waals surface area (Å²) in [5.74, 6) is -1.30. The predicted octanol–water partition coefficient (Wildman–Crippen LogP) is 4.40. The summed E-state index contributed by atoms with van der Waals surface area (Å²) in [5, 5.41) is 22.3. The molecule has 154 valence electrons. The Morgan fingerprint density at radius 2 is 1.77 bits per heavy atom. The van der Waals surface area contributed by atoms with E-state index < -0.39 is 17.7 Å². The number of hydrogen-bond donors (Lipinski definition) is 3. The summed E-state index contributed by atoms with van der Waals surface area (Å²) in [5.41, 5.74) is 1.23. The molecule has 7 nitrogen and oxygen atoms in total. The monoisotopic (exact) mass is 414 g/mol. The number of furan rings is 1. The lowest BCUT2D eigenvalue weighted by Crippen LogP contribution is -2.29. The van der Waals surface area contributed by atoms with Crippen LogP contribution in [-0.4, -0.2) is 26.9 Å². The molecule has 31 heavy (non-hydrogen) atoms. The van der Waals surface area contributed by atoms with Gasteiger partial charge in [-0.3, -0.25) is 14.5 Å². The Hall–Kier alpha value is -4.26. The largest absolute Gasteiger partial charge is 0.507 e. The van der Waals surface area contributed by atoms with Crippen LogP contribution in [0.4, 0.5) is 5.69 Å². The first-order valence-electron chi connectivity index (χ1n) is 9.69. The van der Waals surface area contributed by atoms with Crippen molar-refractivity contribution in [3.8, 4) is 5.75 Å². The minimum Gasteiger partial charge on any atom is -0.507 e. The standard InChI is InChI=1S/C24H18N2O5/c1-13-10-11-19(31-13)21-20(22(28)15-12-25-16-7-3-2-6-14(15)16)23(29)24(30)26(21)17-8-4-5-9-18(17)27/h2-12,21,25,27-28H,1H3/b22-20-. The number of aliphatic hydroxyl groups is 1. The number of ketones is 1. The Labute approximate surface area is 176 Å². The van der Waals surface area contributed by atoms with Gasteiger partial charge in [0.25, 0.3) is 11.7 Å². The van der Waals surface area contributed by atoms with Gasteiger partial charge in [0.15, 0.2) is 0 Å². The summed E-state index contributed by atoms with van der Waals surface area (Å²) in [6, 6.07) is 15.9. The van der Waals surface area contributed by atoms with Gasteiger partial charge in [0.05, 0.1) is 11.3 Å².